The van der Waals surface area contributed by atoms with Crippen LogP contribution in [0.2, 0.25) is 5.02 Å². The summed E-state index contributed by atoms with van der Waals surface area (Å²) in [5.74, 6) is -0.0285. The molecule has 23 heavy (non-hydrogen) atoms. The zero-order chi connectivity index (χ0) is 16.6. The Labute approximate surface area is 140 Å². The summed E-state index contributed by atoms with van der Waals surface area (Å²) in [6.07, 6.45) is 1.09. The van der Waals surface area contributed by atoms with Crippen molar-refractivity contribution in [2.24, 2.45) is 0 Å². The van der Waals surface area contributed by atoms with Gasteiger partial charge in [0.1, 0.15) is 0 Å². The number of carbonyl (C=O) groups is 2. The summed E-state index contributed by atoms with van der Waals surface area (Å²) in [7, 11) is 0. The van der Waals surface area contributed by atoms with Crippen LogP contribution in [0.25, 0.3) is 0 Å². The minimum Gasteiger partial charge on any atom is -0.308 e. The van der Waals surface area contributed by atoms with Crippen molar-refractivity contribution in [1.82, 2.24) is 0 Å². The number of aryl methyl sites for hydroxylation is 2. The van der Waals surface area contributed by atoms with Gasteiger partial charge in [-0.2, -0.15) is 0 Å². The van der Waals surface area contributed by atoms with Gasteiger partial charge >= 0.3 is 0 Å². The molecule has 0 radical (unpaired) electrons. The van der Waals surface area contributed by atoms with Gasteiger partial charge in [0.15, 0.2) is 5.78 Å². The van der Waals surface area contributed by atoms with E-state index in [4.69, 9.17) is 11.6 Å². The molecule has 0 bridgehead atoms. The van der Waals surface area contributed by atoms with E-state index in [1.807, 2.05) is 32.0 Å². The third-order valence-corrected chi connectivity index (χ3v) is 4.43. The molecule has 1 amide bonds. The Morgan fingerprint density at radius 2 is 1.91 bits per heavy atom. The summed E-state index contributed by atoms with van der Waals surface area (Å²) in [5, 5.41) is 0.512. The largest absolute Gasteiger partial charge is 0.308 e. The molecule has 0 aromatic heterocycles. The highest BCUT2D eigenvalue weighted by atomic mass is 35.5. The second kappa shape index (κ2) is 6.17. The molecule has 0 atom stereocenters. The number of amides is 1. The number of Topliss-reactive ketones (excluding diaryl/α,β-unsaturated/α-hetero) is 1. The lowest BCUT2D eigenvalue weighted by Crippen LogP contribution is -2.32. The maximum absolute atomic E-state index is 13.0. The molecule has 0 unspecified atom stereocenters. The lowest BCUT2D eigenvalue weighted by Gasteiger charge is -2.23. The van der Waals surface area contributed by atoms with Gasteiger partial charge in [0.05, 0.1) is 5.69 Å². The fourth-order valence-electron chi connectivity index (χ4n) is 3.03. The van der Waals surface area contributed by atoms with Crippen molar-refractivity contribution >= 4 is 29.0 Å². The van der Waals surface area contributed by atoms with Crippen LogP contribution in [0.3, 0.4) is 0 Å². The van der Waals surface area contributed by atoms with Crippen molar-refractivity contribution in [3.05, 3.63) is 63.7 Å². The number of hydrogen-bond donors (Lipinski definition) is 0. The lowest BCUT2D eigenvalue weighted by atomic mass is 10.0. The van der Waals surface area contributed by atoms with Crippen LogP contribution >= 0.6 is 11.6 Å². The quantitative estimate of drug-likeness (QED) is 0.768. The molecular formula is C19H18ClNO2. The van der Waals surface area contributed by atoms with Crippen molar-refractivity contribution in [3.8, 4) is 0 Å². The van der Waals surface area contributed by atoms with Gasteiger partial charge in [0.25, 0.3) is 5.91 Å². The van der Waals surface area contributed by atoms with E-state index < -0.39 is 0 Å². The Balaban J connectivity index is 2.07. The highest BCUT2D eigenvalue weighted by Gasteiger charge is 2.26. The summed E-state index contributed by atoms with van der Waals surface area (Å²) < 4.78 is 0. The molecule has 4 heteroatoms. The third-order valence-electron chi connectivity index (χ3n) is 4.19. The Kier molecular flexibility index (Phi) is 4.22. The van der Waals surface area contributed by atoms with Crippen LogP contribution in [0.15, 0.2) is 36.4 Å². The molecular weight excluding hydrogens is 310 g/mol. The average Bonchev–Trinajstić information content (AvgIpc) is 2.66. The van der Waals surface area contributed by atoms with Gasteiger partial charge in [0, 0.05) is 29.1 Å². The summed E-state index contributed by atoms with van der Waals surface area (Å²) in [5.41, 5.74) is 3.93. The topological polar surface area (TPSA) is 37.4 Å². The molecule has 0 aliphatic carbocycles. The SMILES string of the molecule is Cc1ccc(C(=O)N2CCCC(=O)c3cc(Cl)ccc32)c(C)c1. The number of anilines is 1. The number of ketones is 1. The number of nitrogens with zero attached hydrogens (tertiary/aromatic N) is 1. The van der Waals surface area contributed by atoms with E-state index in [1.54, 1.807) is 23.1 Å². The maximum Gasteiger partial charge on any atom is 0.258 e. The van der Waals surface area contributed by atoms with E-state index in [9.17, 15) is 9.59 Å². The molecule has 1 heterocycles. The molecule has 3 rings (SSSR count). The molecule has 1 aliphatic rings. The zero-order valence-electron chi connectivity index (χ0n) is 13.2. The fourth-order valence-corrected chi connectivity index (χ4v) is 3.20. The molecule has 0 fully saturated rings. The lowest BCUT2D eigenvalue weighted by molar-refractivity contribution is 0.0973. The van der Waals surface area contributed by atoms with Crippen LogP contribution in [0.1, 0.15) is 44.7 Å². The van der Waals surface area contributed by atoms with Gasteiger partial charge in [0.2, 0.25) is 0 Å². The Morgan fingerprint density at radius 1 is 1.13 bits per heavy atom. The molecule has 0 saturated carbocycles. The van der Waals surface area contributed by atoms with Gasteiger partial charge in [-0.3, -0.25) is 9.59 Å². The first-order valence-corrected chi connectivity index (χ1v) is 8.07. The second-order valence-electron chi connectivity index (χ2n) is 5.96. The van der Waals surface area contributed by atoms with Crippen LogP contribution in [-0.2, 0) is 0 Å². The predicted octanol–water partition coefficient (Wildman–Crippen LogP) is 4.58. The second-order valence-corrected chi connectivity index (χ2v) is 6.40. The smallest absolute Gasteiger partial charge is 0.258 e. The van der Waals surface area contributed by atoms with Crippen molar-refractivity contribution in [2.45, 2.75) is 26.7 Å². The first kappa shape index (κ1) is 15.8. The summed E-state index contributed by atoms with van der Waals surface area (Å²) in [6, 6.07) is 10.9. The maximum atomic E-state index is 13.0. The van der Waals surface area contributed by atoms with Crippen molar-refractivity contribution < 1.29 is 9.59 Å². The van der Waals surface area contributed by atoms with Crippen LogP contribution in [0.4, 0.5) is 5.69 Å². The van der Waals surface area contributed by atoms with Gasteiger partial charge in [-0.05, 0) is 50.1 Å². The molecule has 3 nitrogen and oxygen atoms in total. The first-order valence-electron chi connectivity index (χ1n) is 7.69. The zero-order valence-corrected chi connectivity index (χ0v) is 14.0. The van der Waals surface area contributed by atoms with Crippen molar-refractivity contribution in [2.75, 3.05) is 11.4 Å². The molecule has 2 aromatic rings. The highest BCUT2D eigenvalue weighted by molar-refractivity contribution is 6.31. The van der Waals surface area contributed by atoms with Crippen molar-refractivity contribution in [1.29, 1.82) is 0 Å². The van der Waals surface area contributed by atoms with E-state index in [-0.39, 0.29) is 11.7 Å². The number of halogens is 1. The number of fused-ring (bicyclic) bond motifs is 1. The highest BCUT2D eigenvalue weighted by Crippen LogP contribution is 2.30. The van der Waals surface area contributed by atoms with Gasteiger partial charge in [-0.1, -0.05) is 29.3 Å². The number of carbonyl (C=O) groups excluding carboxylic acids is 2. The van der Waals surface area contributed by atoms with Gasteiger partial charge in [-0.25, -0.2) is 0 Å². The van der Waals surface area contributed by atoms with Crippen LogP contribution in [0, 0.1) is 13.8 Å². The Hall–Kier alpha value is -2.13. The minimum absolute atomic E-state index is 0.0402. The first-order chi connectivity index (χ1) is 11.0. The van der Waals surface area contributed by atoms with E-state index in [2.05, 4.69) is 0 Å². The van der Waals surface area contributed by atoms with E-state index >= 15 is 0 Å². The van der Waals surface area contributed by atoms with E-state index in [0.717, 1.165) is 11.1 Å². The standard InChI is InChI=1S/C19H18ClNO2/c1-12-5-7-15(13(2)10-12)19(23)21-9-3-4-18(22)16-11-14(20)6-8-17(16)21/h5-8,10-11H,3-4,9H2,1-2H3. The normalized spacial score (nSPS) is 14.4. The molecule has 2 aromatic carbocycles. The molecule has 0 spiro atoms. The molecule has 1 aliphatic heterocycles. The summed E-state index contributed by atoms with van der Waals surface area (Å²) >= 11 is 6.03. The number of benzene rings is 2. The van der Waals surface area contributed by atoms with E-state index in [1.165, 1.54) is 0 Å². The summed E-state index contributed by atoms with van der Waals surface area (Å²) in [6.45, 7) is 4.47. The van der Waals surface area contributed by atoms with Crippen molar-refractivity contribution in [3.63, 3.8) is 0 Å². The monoisotopic (exact) mass is 327 g/mol. The number of rotatable bonds is 1. The van der Waals surface area contributed by atoms with Crippen LogP contribution < -0.4 is 4.90 Å². The minimum atomic E-state index is -0.0687. The molecule has 0 saturated heterocycles. The van der Waals surface area contributed by atoms with E-state index in [0.29, 0.717) is 41.2 Å². The Bertz CT molecular complexity index is 798. The average molecular weight is 328 g/mol. The van der Waals surface area contributed by atoms with Crippen LogP contribution in [-0.4, -0.2) is 18.2 Å². The van der Waals surface area contributed by atoms with Crippen LogP contribution in [0.5, 0.6) is 0 Å². The summed E-state index contributed by atoms with van der Waals surface area (Å²) in [4.78, 5) is 27.0. The van der Waals surface area contributed by atoms with Gasteiger partial charge in [-0.15, -0.1) is 0 Å². The number of hydrogen-bond acceptors (Lipinski definition) is 2. The fraction of sp³-hybridized carbons (Fsp3) is 0.263. The Morgan fingerprint density at radius 3 is 2.65 bits per heavy atom. The third kappa shape index (κ3) is 3.02. The molecule has 118 valence electrons. The van der Waals surface area contributed by atoms with Gasteiger partial charge < -0.3 is 4.90 Å². The molecule has 0 N–H and O–H groups in total. The predicted molar refractivity (Wildman–Crippen MR) is 92.6 cm³/mol.